The average Bonchev–Trinajstić information content (AvgIpc) is 3.16. The molecule has 0 aromatic heterocycles. The minimum atomic E-state index is -1.12. The number of rotatable bonds is 9. The standard InChI is InChI=1S/C27H30N2O5/c1-4-6-15-23(25(30)29-24(26(31)32)17(3)5-2)28-27(33)34-16-22-20-13-9-7-11-18(20)19-12-8-10-14-21(19)22/h7-14,17,22-24H,5,15-16H2,1-3H3,(H,28,33)(H,29,30)(H,31,32). The smallest absolute Gasteiger partial charge is 0.407 e. The summed E-state index contributed by atoms with van der Waals surface area (Å²) in [7, 11) is 0. The summed E-state index contributed by atoms with van der Waals surface area (Å²) in [6, 6.07) is 13.9. The molecule has 0 bridgehead atoms. The molecular weight excluding hydrogens is 432 g/mol. The van der Waals surface area contributed by atoms with Crippen LogP contribution in [-0.2, 0) is 14.3 Å². The Bertz CT molecular complexity index is 1070. The fraction of sp³-hybridized carbons (Fsp3) is 0.370. The lowest BCUT2D eigenvalue weighted by Crippen LogP contribution is -2.53. The van der Waals surface area contributed by atoms with Crippen molar-refractivity contribution in [3.8, 4) is 23.0 Å². The van der Waals surface area contributed by atoms with Crippen molar-refractivity contribution in [2.45, 2.75) is 51.6 Å². The molecule has 178 valence electrons. The maximum Gasteiger partial charge on any atom is 0.407 e. The predicted octanol–water partition coefficient (Wildman–Crippen LogP) is 3.92. The number of carboxylic acid groups (broad SMARTS) is 1. The van der Waals surface area contributed by atoms with Crippen LogP contribution in [0.25, 0.3) is 11.1 Å². The molecule has 0 saturated carbocycles. The van der Waals surface area contributed by atoms with Crippen molar-refractivity contribution in [2.75, 3.05) is 6.61 Å². The van der Waals surface area contributed by atoms with Gasteiger partial charge in [0, 0.05) is 12.3 Å². The van der Waals surface area contributed by atoms with E-state index in [1.807, 2.05) is 55.5 Å². The normalized spacial score (nSPS) is 14.4. The zero-order valence-corrected chi connectivity index (χ0v) is 19.6. The Labute approximate surface area is 199 Å². The van der Waals surface area contributed by atoms with Crippen LogP contribution >= 0.6 is 0 Å². The maximum atomic E-state index is 12.8. The SMILES string of the molecule is CC#CCC(NC(=O)OCC1c2ccccc2-c2ccccc21)C(=O)NC(C(=O)O)C(C)CC. The average molecular weight is 463 g/mol. The van der Waals surface area contributed by atoms with Crippen molar-refractivity contribution in [3.05, 3.63) is 59.7 Å². The molecule has 0 radical (unpaired) electrons. The van der Waals surface area contributed by atoms with E-state index < -0.39 is 30.1 Å². The Morgan fingerprint density at radius 1 is 1.03 bits per heavy atom. The van der Waals surface area contributed by atoms with Gasteiger partial charge in [-0.05, 0) is 35.1 Å². The summed E-state index contributed by atoms with van der Waals surface area (Å²) in [5.74, 6) is 3.36. The topological polar surface area (TPSA) is 105 Å². The number of aliphatic carboxylic acids is 1. The van der Waals surface area contributed by atoms with Gasteiger partial charge in [-0.25, -0.2) is 9.59 Å². The van der Waals surface area contributed by atoms with Gasteiger partial charge in [-0.2, -0.15) is 0 Å². The van der Waals surface area contributed by atoms with E-state index in [0.717, 1.165) is 22.3 Å². The third kappa shape index (κ3) is 5.57. The van der Waals surface area contributed by atoms with Crippen LogP contribution in [0.5, 0.6) is 0 Å². The van der Waals surface area contributed by atoms with Gasteiger partial charge in [0.25, 0.3) is 0 Å². The second kappa shape index (κ2) is 11.4. The molecule has 0 spiro atoms. The van der Waals surface area contributed by atoms with Crippen LogP contribution in [0.4, 0.5) is 4.79 Å². The number of alkyl carbamates (subject to hydrolysis) is 1. The van der Waals surface area contributed by atoms with Crippen LogP contribution in [0.3, 0.4) is 0 Å². The lowest BCUT2D eigenvalue weighted by molar-refractivity contribution is -0.143. The van der Waals surface area contributed by atoms with Crippen LogP contribution in [0.15, 0.2) is 48.5 Å². The van der Waals surface area contributed by atoms with Crippen LogP contribution in [-0.4, -0.2) is 41.8 Å². The number of amides is 2. The molecule has 7 heteroatoms. The van der Waals surface area contributed by atoms with Gasteiger partial charge < -0.3 is 20.5 Å². The summed E-state index contributed by atoms with van der Waals surface area (Å²) in [5.41, 5.74) is 4.40. The Hall–Kier alpha value is -3.79. The van der Waals surface area contributed by atoms with E-state index in [-0.39, 0.29) is 24.9 Å². The lowest BCUT2D eigenvalue weighted by Gasteiger charge is -2.23. The highest BCUT2D eigenvalue weighted by Gasteiger charge is 2.31. The molecule has 2 aromatic rings. The van der Waals surface area contributed by atoms with Crippen molar-refractivity contribution in [2.24, 2.45) is 5.92 Å². The summed E-state index contributed by atoms with van der Waals surface area (Å²) >= 11 is 0. The Morgan fingerprint density at radius 3 is 2.15 bits per heavy atom. The maximum absolute atomic E-state index is 12.8. The molecule has 1 aliphatic carbocycles. The number of carboxylic acids is 1. The first-order chi connectivity index (χ1) is 16.4. The Morgan fingerprint density at radius 2 is 1.62 bits per heavy atom. The van der Waals surface area contributed by atoms with Gasteiger partial charge in [-0.15, -0.1) is 11.8 Å². The molecule has 3 N–H and O–H groups in total. The molecule has 1 aliphatic rings. The minimum absolute atomic E-state index is 0.0410. The highest BCUT2D eigenvalue weighted by Crippen LogP contribution is 2.44. The number of hydrogen-bond acceptors (Lipinski definition) is 4. The molecule has 2 aromatic carbocycles. The zero-order valence-electron chi connectivity index (χ0n) is 19.6. The van der Waals surface area contributed by atoms with Crippen molar-refractivity contribution < 1.29 is 24.2 Å². The number of carbonyl (C=O) groups is 3. The molecule has 0 saturated heterocycles. The number of hydrogen-bond donors (Lipinski definition) is 3. The Kier molecular flexibility index (Phi) is 8.31. The van der Waals surface area contributed by atoms with Gasteiger partial charge in [0.15, 0.2) is 0 Å². The van der Waals surface area contributed by atoms with E-state index in [9.17, 15) is 19.5 Å². The molecule has 0 fully saturated rings. The number of nitrogens with one attached hydrogen (secondary N) is 2. The van der Waals surface area contributed by atoms with E-state index in [0.29, 0.717) is 6.42 Å². The lowest BCUT2D eigenvalue weighted by atomic mass is 9.98. The van der Waals surface area contributed by atoms with E-state index in [1.165, 1.54) is 0 Å². The van der Waals surface area contributed by atoms with Crippen LogP contribution in [0.1, 0.15) is 50.7 Å². The highest BCUT2D eigenvalue weighted by molar-refractivity contribution is 5.89. The van der Waals surface area contributed by atoms with E-state index >= 15 is 0 Å². The van der Waals surface area contributed by atoms with Crippen molar-refractivity contribution >= 4 is 18.0 Å². The van der Waals surface area contributed by atoms with Gasteiger partial charge in [-0.3, -0.25) is 4.79 Å². The van der Waals surface area contributed by atoms with Crippen LogP contribution in [0, 0.1) is 17.8 Å². The van der Waals surface area contributed by atoms with Crippen molar-refractivity contribution in [3.63, 3.8) is 0 Å². The predicted molar refractivity (Wildman–Crippen MR) is 129 cm³/mol. The summed E-state index contributed by atoms with van der Waals surface area (Å²) in [6.45, 7) is 5.33. The molecule has 7 nitrogen and oxygen atoms in total. The molecule has 34 heavy (non-hydrogen) atoms. The summed E-state index contributed by atoms with van der Waals surface area (Å²) in [5, 5.41) is 14.6. The third-order valence-electron chi connectivity index (χ3n) is 6.21. The van der Waals surface area contributed by atoms with Gasteiger partial charge in [0.2, 0.25) is 5.91 Å². The summed E-state index contributed by atoms with van der Waals surface area (Å²) in [6.07, 6.45) is -0.133. The molecule has 3 unspecified atom stereocenters. The zero-order chi connectivity index (χ0) is 24.7. The van der Waals surface area contributed by atoms with Gasteiger partial charge in [0.05, 0.1) is 0 Å². The fourth-order valence-electron chi connectivity index (χ4n) is 4.13. The number of fused-ring (bicyclic) bond motifs is 3. The van der Waals surface area contributed by atoms with E-state index in [4.69, 9.17) is 4.74 Å². The molecule has 0 aliphatic heterocycles. The fourth-order valence-corrected chi connectivity index (χ4v) is 4.13. The molecule has 3 rings (SSSR count). The van der Waals surface area contributed by atoms with Gasteiger partial charge in [0.1, 0.15) is 18.7 Å². The first-order valence-electron chi connectivity index (χ1n) is 11.4. The summed E-state index contributed by atoms with van der Waals surface area (Å²) in [4.78, 5) is 37.0. The van der Waals surface area contributed by atoms with E-state index in [1.54, 1.807) is 13.8 Å². The molecule has 2 amide bonds. The minimum Gasteiger partial charge on any atom is -0.480 e. The number of ether oxygens (including phenoxy) is 1. The molecule has 3 atom stereocenters. The third-order valence-corrected chi connectivity index (χ3v) is 6.21. The second-order valence-corrected chi connectivity index (χ2v) is 8.36. The largest absolute Gasteiger partial charge is 0.480 e. The summed E-state index contributed by atoms with van der Waals surface area (Å²) < 4.78 is 5.53. The van der Waals surface area contributed by atoms with Crippen LogP contribution < -0.4 is 10.6 Å². The monoisotopic (exact) mass is 462 g/mol. The first-order valence-corrected chi connectivity index (χ1v) is 11.4. The van der Waals surface area contributed by atoms with Crippen molar-refractivity contribution in [1.82, 2.24) is 10.6 Å². The Balaban J connectivity index is 1.68. The van der Waals surface area contributed by atoms with Crippen molar-refractivity contribution in [1.29, 1.82) is 0 Å². The van der Waals surface area contributed by atoms with E-state index in [2.05, 4.69) is 22.5 Å². The van der Waals surface area contributed by atoms with Gasteiger partial charge >= 0.3 is 12.1 Å². The number of benzene rings is 2. The van der Waals surface area contributed by atoms with Crippen LogP contribution in [0.2, 0.25) is 0 Å². The number of carbonyl (C=O) groups excluding carboxylic acids is 2. The second-order valence-electron chi connectivity index (χ2n) is 8.36. The van der Waals surface area contributed by atoms with Gasteiger partial charge in [-0.1, -0.05) is 68.8 Å². The highest BCUT2D eigenvalue weighted by atomic mass is 16.5. The molecular formula is C27H30N2O5. The first kappa shape index (κ1) is 24.8. The quantitative estimate of drug-likeness (QED) is 0.490. The molecule has 0 heterocycles.